The van der Waals surface area contributed by atoms with Gasteiger partial charge in [0.25, 0.3) is 0 Å². The first-order chi connectivity index (χ1) is 12.4. The van der Waals surface area contributed by atoms with E-state index in [4.69, 9.17) is 0 Å². The van der Waals surface area contributed by atoms with Crippen LogP contribution in [0.3, 0.4) is 0 Å². The highest BCUT2D eigenvalue weighted by Gasteiger charge is 2.33. The monoisotopic (exact) mass is 359 g/mol. The Morgan fingerprint density at radius 2 is 1.81 bits per heavy atom. The third-order valence-electron chi connectivity index (χ3n) is 5.01. The second-order valence-corrected chi connectivity index (χ2v) is 7.80. The Kier molecular flexibility index (Phi) is 7.49. The van der Waals surface area contributed by atoms with Crippen LogP contribution in [0.1, 0.15) is 47.0 Å². The highest BCUT2D eigenvalue weighted by Crippen LogP contribution is 2.20. The summed E-state index contributed by atoms with van der Waals surface area (Å²) in [5.41, 5.74) is 1.05. The van der Waals surface area contributed by atoms with Crippen molar-refractivity contribution in [2.75, 3.05) is 18.4 Å². The summed E-state index contributed by atoms with van der Waals surface area (Å²) in [4.78, 5) is 27.0. The fourth-order valence-electron chi connectivity index (χ4n) is 3.33. The molecule has 2 atom stereocenters. The molecule has 0 spiro atoms. The lowest BCUT2D eigenvalue weighted by Crippen LogP contribution is -2.54. The first kappa shape index (κ1) is 20.3. The molecule has 2 amide bonds. The maximum atomic E-state index is 12.8. The molecule has 1 aliphatic heterocycles. The fraction of sp³-hybridized carbons (Fsp3) is 0.619. The molecule has 0 aromatic heterocycles. The summed E-state index contributed by atoms with van der Waals surface area (Å²) in [7, 11) is 0. The van der Waals surface area contributed by atoms with Crippen LogP contribution in [0, 0.1) is 11.8 Å². The minimum absolute atomic E-state index is 0.0285. The Hall–Kier alpha value is -2.04. The maximum Gasteiger partial charge on any atom is 0.242 e. The van der Waals surface area contributed by atoms with Crippen LogP contribution in [0.5, 0.6) is 0 Å². The lowest BCUT2D eigenvalue weighted by Gasteiger charge is -2.36. The van der Waals surface area contributed by atoms with Crippen molar-refractivity contribution in [2.24, 2.45) is 11.8 Å². The van der Waals surface area contributed by atoms with E-state index in [1.54, 1.807) is 4.90 Å². The predicted octanol–water partition coefficient (Wildman–Crippen LogP) is 3.28. The number of rotatable bonds is 7. The zero-order valence-corrected chi connectivity index (χ0v) is 16.5. The minimum Gasteiger partial charge on any atom is -0.380 e. The number of para-hydroxylation sites is 1. The summed E-state index contributed by atoms with van der Waals surface area (Å²) in [6, 6.07) is 9.84. The largest absolute Gasteiger partial charge is 0.380 e. The molecule has 0 unspecified atom stereocenters. The van der Waals surface area contributed by atoms with Crippen LogP contribution in [-0.4, -0.2) is 41.9 Å². The van der Waals surface area contributed by atoms with Crippen molar-refractivity contribution in [1.82, 2.24) is 10.2 Å². The van der Waals surface area contributed by atoms with Gasteiger partial charge < -0.3 is 15.5 Å². The molecule has 144 valence electrons. The third-order valence-corrected chi connectivity index (χ3v) is 5.01. The number of carbonyl (C=O) groups is 2. The lowest BCUT2D eigenvalue weighted by molar-refractivity contribution is -0.144. The van der Waals surface area contributed by atoms with Crippen LogP contribution in [0.15, 0.2) is 30.3 Å². The van der Waals surface area contributed by atoms with E-state index in [-0.39, 0.29) is 29.8 Å². The van der Waals surface area contributed by atoms with E-state index in [0.717, 1.165) is 24.9 Å². The van der Waals surface area contributed by atoms with Gasteiger partial charge in [-0.1, -0.05) is 45.9 Å². The molecule has 1 fully saturated rings. The van der Waals surface area contributed by atoms with Crippen LogP contribution in [0.2, 0.25) is 0 Å². The zero-order chi connectivity index (χ0) is 19.1. The van der Waals surface area contributed by atoms with E-state index in [9.17, 15) is 9.59 Å². The quantitative estimate of drug-likeness (QED) is 0.785. The molecule has 1 heterocycles. The molecule has 1 aliphatic rings. The second kappa shape index (κ2) is 9.60. The number of nitrogens with one attached hydrogen (secondary N) is 2. The summed E-state index contributed by atoms with van der Waals surface area (Å²) >= 11 is 0. The predicted molar refractivity (Wildman–Crippen MR) is 106 cm³/mol. The molecule has 26 heavy (non-hydrogen) atoms. The van der Waals surface area contributed by atoms with Crippen molar-refractivity contribution in [2.45, 2.75) is 59.0 Å². The first-order valence-corrected chi connectivity index (χ1v) is 9.80. The highest BCUT2D eigenvalue weighted by molar-refractivity contribution is 5.88. The number of piperidine rings is 1. The van der Waals surface area contributed by atoms with Crippen molar-refractivity contribution in [3.05, 3.63) is 30.3 Å². The summed E-state index contributed by atoms with van der Waals surface area (Å²) in [5, 5.41) is 6.58. The molecule has 0 aliphatic carbocycles. The third kappa shape index (κ3) is 5.48. The Bertz CT molecular complexity index is 586. The van der Waals surface area contributed by atoms with E-state index in [1.807, 2.05) is 44.2 Å². The van der Waals surface area contributed by atoms with Crippen LogP contribution in [0.25, 0.3) is 0 Å². The molecule has 5 nitrogen and oxygen atoms in total. The van der Waals surface area contributed by atoms with Gasteiger partial charge in [0.2, 0.25) is 11.8 Å². The van der Waals surface area contributed by atoms with Gasteiger partial charge in [-0.2, -0.15) is 0 Å². The summed E-state index contributed by atoms with van der Waals surface area (Å²) in [5.74, 6) is 0.341. The summed E-state index contributed by atoms with van der Waals surface area (Å²) in [6.45, 7) is 9.30. The molecule has 0 bridgehead atoms. The molecule has 2 N–H and O–H groups in total. The van der Waals surface area contributed by atoms with Crippen LogP contribution < -0.4 is 10.6 Å². The molecular weight excluding hydrogens is 326 g/mol. The first-order valence-electron chi connectivity index (χ1n) is 9.80. The summed E-state index contributed by atoms with van der Waals surface area (Å²) in [6.07, 6.45) is 2.73. The lowest BCUT2D eigenvalue weighted by atomic mass is 9.98. The Balaban J connectivity index is 1.96. The number of hydrogen-bond acceptors (Lipinski definition) is 3. The van der Waals surface area contributed by atoms with Gasteiger partial charge in [-0.15, -0.1) is 0 Å². The Morgan fingerprint density at radius 3 is 2.42 bits per heavy atom. The second-order valence-electron chi connectivity index (χ2n) is 7.80. The molecule has 1 saturated heterocycles. The van der Waals surface area contributed by atoms with E-state index >= 15 is 0 Å². The standard InChI is InChI=1S/C21H33N3O2/c1-15(2)18(23-17-10-6-5-7-11-17)14-22-20(25)19-12-8-9-13-24(19)21(26)16(3)4/h5-7,10-11,15-16,18-19,23H,8-9,12-14H2,1-4H3,(H,22,25)/t18-,19+/m0/s1. The van der Waals surface area contributed by atoms with Crippen molar-refractivity contribution >= 4 is 17.5 Å². The van der Waals surface area contributed by atoms with Crippen molar-refractivity contribution in [3.8, 4) is 0 Å². The van der Waals surface area contributed by atoms with E-state index in [2.05, 4.69) is 24.5 Å². The van der Waals surface area contributed by atoms with Crippen LogP contribution in [0.4, 0.5) is 5.69 Å². The number of likely N-dealkylation sites (tertiary alicyclic amines) is 1. The molecular formula is C21H33N3O2. The van der Waals surface area contributed by atoms with Gasteiger partial charge in [0.1, 0.15) is 6.04 Å². The van der Waals surface area contributed by atoms with Crippen LogP contribution in [-0.2, 0) is 9.59 Å². The molecule has 5 heteroatoms. The van der Waals surface area contributed by atoms with Crippen molar-refractivity contribution in [1.29, 1.82) is 0 Å². The zero-order valence-electron chi connectivity index (χ0n) is 16.5. The topological polar surface area (TPSA) is 61.4 Å². The molecule has 1 aromatic rings. The SMILES string of the molecule is CC(C)C(=O)N1CCCC[C@@H]1C(=O)NC[C@H](Nc1ccccc1)C(C)C. The van der Waals surface area contributed by atoms with Gasteiger partial charge in [0, 0.05) is 30.7 Å². The fourth-order valence-corrected chi connectivity index (χ4v) is 3.33. The Morgan fingerprint density at radius 1 is 1.12 bits per heavy atom. The molecule has 2 rings (SSSR count). The van der Waals surface area contributed by atoms with Gasteiger partial charge in [0.15, 0.2) is 0 Å². The normalized spacial score (nSPS) is 18.7. The van der Waals surface area contributed by atoms with Gasteiger partial charge in [-0.05, 0) is 37.3 Å². The van der Waals surface area contributed by atoms with E-state index in [1.165, 1.54) is 0 Å². The molecule has 0 radical (unpaired) electrons. The number of hydrogen-bond donors (Lipinski definition) is 2. The highest BCUT2D eigenvalue weighted by atomic mass is 16.2. The number of carbonyl (C=O) groups excluding carboxylic acids is 2. The van der Waals surface area contributed by atoms with Gasteiger partial charge in [-0.3, -0.25) is 9.59 Å². The maximum absolute atomic E-state index is 12.8. The van der Waals surface area contributed by atoms with E-state index in [0.29, 0.717) is 19.0 Å². The number of anilines is 1. The number of benzene rings is 1. The summed E-state index contributed by atoms with van der Waals surface area (Å²) < 4.78 is 0. The average Bonchev–Trinajstić information content (AvgIpc) is 2.64. The molecule has 0 saturated carbocycles. The average molecular weight is 360 g/mol. The van der Waals surface area contributed by atoms with E-state index < -0.39 is 0 Å². The number of amides is 2. The smallest absolute Gasteiger partial charge is 0.242 e. The van der Waals surface area contributed by atoms with Gasteiger partial charge in [0.05, 0.1) is 0 Å². The number of nitrogens with zero attached hydrogens (tertiary/aromatic N) is 1. The van der Waals surface area contributed by atoms with Gasteiger partial charge >= 0.3 is 0 Å². The molecule has 1 aromatic carbocycles. The van der Waals surface area contributed by atoms with Crippen molar-refractivity contribution in [3.63, 3.8) is 0 Å². The minimum atomic E-state index is -0.330. The van der Waals surface area contributed by atoms with Crippen molar-refractivity contribution < 1.29 is 9.59 Å². The Labute approximate surface area is 157 Å². The van der Waals surface area contributed by atoms with Crippen LogP contribution >= 0.6 is 0 Å². The van der Waals surface area contributed by atoms with Gasteiger partial charge in [-0.25, -0.2) is 0 Å².